The van der Waals surface area contributed by atoms with Gasteiger partial charge in [0.2, 0.25) is 0 Å². The molecule has 0 aliphatic carbocycles. The van der Waals surface area contributed by atoms with Gasteiger partial charge in [0.15, 0.2) is 0 Å². The molecule has 1 aliphatic heterocycles. The van der Waals surface area contributed by atoms with E-state index in [0.29, 0.717) is 13.0 Å². The zero-order valence-electron chi connectivity index (χ0n) is 16.4. The number of anilines is 1. The molecule has 3 rings (SSSR count). The minimum Gasteiger partial charge on any atom is -0.492 e. The maximum absolute atomic E-state index is 11.3. The van der Waals surface area contributed by atoms with Crippen molar-refractivity contribution in [2.45, 2.75) is 45.6 Å². The van der Waals surface area contributed by atoms with Crippen molar-refractivity contribution in [2.24, 2.45) is 0 Å². The summed E-state index contributed by atoms with van der Waals surface area (Å²) in [5.41, 5.74) is 1.17. The van der Waals surface area contributed by atoms with Crippen molar-refractivity contribution in [3.8, 4) is 11.5 Å². The zero-order chi connectivity index (χ0) is 19.2. The van der Waals surface area contributed by atoms with E-state index in [-0.39, 0.29) is 17.8 Å². The van der Waals surface area contributed by atoms with Crippen LogP contribution < -0.4 is 14.4 Å². The fraction of sp³-hybridized carbons (Fsp3) is 0.455. The minimum atomic E-state index is 0.152. The number of Topliss-reactive ketones (excluding diaryl/α,β-unsaturated/α-hetero) is 1. The molecule has 0 radical (unpaired) electrons. The van der Waals surface area contributed by atoms with E-state index in [0.717, 1.165) is 36.8 Å². The highest BCUT2D eigenvalue weighted by Gasteiger charge is 2.25. The molecule has 5 nitrogen and oxygen atoms in total. The molecule has 5 heteroatoms. The van der Waals surface area contributed by atoms with Gasteiger partial charge in [0.05, 0.1) is 19.3 Å². The van der Waals surface area contributed by atoms with Gasteiger partial charge in [-0.2, -0.15) is 0 Å². The normalized spacial score (nSPS) is 17.6. The SMILES string of the molecule is CCOc1ccc(N2CCC(Oc3ccc([C@H](C)CC(C)=O)cc3)C2)nc1. The van der Waals surface area contributed by atoms with Crippen LogP contribution in [0.4, 0.5) is 5.82 Å². The Morgan fingerprint density at radius 3 is 2.59 bits per heavy atom. The summed E-state index contributed by atoms with van der Waals surface area (Å²) in [5.74, 6) is 3.09. The highest BCUT2D eigenvalue weighted by Crippen LogP contribution is 2.26. The molecule has 1 aromatic carbocycles. The number of pyridine rings is 1. The van der Waals surface area contributed by atoms with E-state index < -0.39 is 0 Å². The first-order valence-electron chi connectivity index (χ1n) is 9.65. The molecule has 144 valence electrons. The number of rotatable bonds is 8. The van der Waals surface area contributed by atoms with Gasteiger partial charge in [-0.3, -0.25) is 0 Å². The smallest absolute Gasteiger partial charge is 0.137 e. The average Bonchev–Trinajstić information content (AvgIpc) is 3.11. The van der Waals surface area contributed by atoms with Crippen LogP contribution in [0.1, 0.15) is 45.1 Å². The molecular weight excluding hydrogens is 340 g/mol. The lowest BCUT2D eigenvalue weighted by atomic mass is 9.96. The first-order valence-corrected chi connectivity index (χ1v) is 9.65. The molecule has 2 atom stereocenters. The maximum atomic E-state index is 11.3. The van der Waals surface area contributed by atoms with Crippen LogP contribution in [0.5, 0.6) is 11.5 Å². The van der Waals surface area contributed by atoms with Gasteiger partial charge in [-0.25, -0.2) is 4.98 Å². The van der Waals surface area contributed by atoms with E-state index >= 15 is 0 Å². The Labute approximate surface area is 161 Å². The van der Waals surface area contributed by atoms with E-state index in [2.05, 4.69) is 28.9 Å². The monoisotopic (exact) mass is 368 g/mol. The summed E-state index contributed by atoms with van der Waals surface area (Å²) in [6, 6.07) is 12.1. The molecule has 0 N–H and O–H groups in total. The summed E-state index contributed by atoms with van der Waals surface area (Å²) in [6.07, 6.45) is 3.47. The molecule has 1 fully saturated rings. The lowest BCUT2D eigenvalue weighted by Crippen LogP contribution is -2.25. The number of aromatic nitrogens is 1. The Bertz CT molecular complexity index is 743. The van der Waals surface area contributed by atoms with Gasteiger partial charge in [-0.15, -0.1) is 0 Å². The molecule has 2 heterocycles. The molecule has 1 aromatic heterocycles. The summed E-state index contributed by atoms with van der Waals surface area (Å²) >= 11 is 0. The van der Waals surface area contributed by atoms with E-state index in [1.807, 2.05) is 31.2 Å². The second-order valence-electron chi connectivity index (χ2n) is 7.14. The van der Waals surface area contributed by atoms with Crippen molar-refractivity contribution in [3.05, 3.63) is 48.2 Å². The third-order valence-electron chi connectivity index (χ3n) is 4.85. The Morgan fingerprint density at radius 2 is 1.96 bits per heavy atom. The average molecular weight is 368 g/mol. The maximum Gasteiger partial charge on any atom is 0.137 e. The fourth-order valence-electron chi connectivity index (χ4n) is 3.46. The molecule has 0 spiro atoms. The van der Waals surface area contributed by atoms with E-state index in [9.17, 15) is 4.79 Å². The third kappa shape index (κ3) is 5.22. The third-order valence-corrected chi connectivity index (χ3v) is 4.85. The Balaban J connectivity index is 1.54. The number of hydrogen-bond acceptors (Lipinski definition) is 5. The topological polar surface area (TPSA) is 51.7 Å². The van der Waals surface area contributed by atoms with Crippen LogP contribution >= 0.6 is 0 Å². The molecule has 1 saturated heterocycles. The standard InChI is InChI=1S/C22H28N2O3/c1-4-26-20-9-10-22(23-14-20)24-12-11-21(15-24)27-19-7-5-18(6-8-19)16(2)13-17(3)25/h5-10,14,16,21H,4,11-13,15H2,1-3H3/t16-,21?/m1/s1. The van der Waals surface area contributed by atoms with Crippen LogP contribution in [0.3, 0.4) is 0 Å². The van der Waals surface area contributed by atoms with E-state index in [4.69, 9.17) is 9.47 Å². The van der Waals surface area contributed by atoms with Crippen molar-refractivity contribution < 1.29 is 14.3 Å². The summed E-state index contributed by atoms with van der Waals surface area (Å²) in [6.45, 7) is 8.08. The number of nitrogens with zero attached hydrogens (tertiary/aromatic N) is 2. The van der Waals surface area contributed by atoms with Crippen LogP contribution in [0.25, 0.3) is 0 Å². The number of ketones is 1. The lowest BCUT2D eigenvalue weighted by Gasteiger charge is -2.18. The van der Waals surface area contributed by atoms with Gasteiger partial charge in [0.25, 0.3) is 0 Å². The van der Waals surface area contributed by atoms with Gasteiger partial charge in [-0.1, -0.05) is 19.1 Å². The number of ether oxygens (including phenoxy) is 2. The largest absolute Gasteiger partial charge is 0.492 e. The van der Waals surface area contributed by atoms with Crippen molar-refractivity contribution in [1.82, 2.24) is 4.98 Å². The molecular formula is C22H28N2O3. The molecule has 0 bridgehead atoms. The van der Waals surface area contributed by atoms with Gasteiger partial charge >= 0.3 is 0 Å². The second-order valence-corrected chi connectivity index (χ2v) is 7.14. The molecule has 0 saturated carbocycles. The molecule has 27 heavy (non-hydrogen) atoms. The fourth-order valence-corrected chi connectivity index (χ4v) is 3.46. The predicted molar refractivity (Wildman–Crippen MR) is 107 cm³/mol. The lowest BCUT2D eigenvalue weighted by molar-refractivity contribution is -0.117. The van der Waals surface area contributed by atoms with E-state index in [1.165, 1.54) is 5.56 Å². The van der Waals surface area contributed by atoms with Crippen molar-refractivity contribution in [3.63, 3.8) is 0 Å². The van der Waals surface area contributed by atoms with Crippen molar-refractivity contribution in [1.29, 1.82) is 0 Å². The predicted octanol–water partition coefficient (Wildman–Crippen LogP) is 4.22. The van der Waals surface area contributed by atoms with Gasteiger partial charge in [0.1, 0.15) is 29.2 Å². The Morgan fingerprint density at radius 1 is 1.22 bits per heavy atom. The quantitative estimate of drug-likeness (QED) is 0.698. The number of carbonyl (C=O) groups excluding carboxylic acids is 1. The Kier molecular flexibility index (Phi) is 6.32. The highest BCUT2D eigenvalue weighted by atomic mass is 16.5. The van der Waals surface area contributed by atoms with Gasteiger partial charge in [0, 0.05) is 19.4 Å². The number of carbonyl (C=O) groups is 1. The summed E-state index contributed by atoms with van der Waals surface area (Å²) in [4.78, 5) is 18.0. The molecule has 2 aromatic rings. The molecule has 1 aliphatic rings. The molecule has 1 unspecified atom stereocenters. The van der Waals surface area contributed by atoms with Gasteiger partial charge < -0.3 is 19.2 Å². The first kappa shape index (κ1) is 19.2. The van der Waals surface area contributed by atoms with Crippen LogP contribution in [0.15, 0.2) is 42.6 Å². The van der Waals surface area contributed by atoms with Crippen LogP contribution in [-0.4, -0.2) is 36.6 Å². The van der Waals surface area contributed by atoms with Crippen LogP contribution in [0, 0.1) is 0 Å². The molecule has 0 amide bonds. The van der Waals surface area contributed by atoms with E-state index in [1.54, 1.807) is 13.1 Å². The number of hydrogen-bond donors (Lipinski definition) is 0. The number of benzene rings is 1. The van der Waals surface area contributed by atoms with Crippen molar-refractivity contribution in [2.75, 3.05) is 24.6 Å². The van der Waals surface area contributed by atoms with Crippen molar-refractivity contribution >= 4 is 11.6 Å². The summed E-state index contributed by atoms with van der Waals surface area (Å²) in [7, 11) is 0. The first-order chi connectivity index (χ1) is 13.0. The Hall–Kier alpha value is -2.56. The summed E-state index contributed by atoms with van der Waals surface area (Å²) in [5, 5.41) is 0. The zero-order valence-corrected chi connectivity index (χ0v) is 16.4. The summed E-state index contributed by atoms with van der Waals surface area (Å²) < 4.78 is 11.6. The van der Waals surface area contributed by atoms with Gasteiger partial charge in [-0.05, 0) is 49.6 Å². The minimum absolute atomic E-state index is 0.152. The van der Waals surface area contributed by atoms with Crippen LogP contribution in [0.2, 0.25) is 0 Å². The highest BCUT2D eigenvalue weighted by molar-refractivity contribution is 5.76. The second kappa shape index (κ2) is 8.89. The van der Waals surface area contributed by atoms with Crippen LogP contribution in [-0.2, 0) is 4.79 Å².